The van der Waals surface area contributed by atoms with Crippen LogP contribution in [0.5, 0.6) is 0 Å². The predicted molar refractivity (Wildman–Crippen MR) is 81.7 cm³/mol. The summed E-state index contributed by atoms with van der Waals surface area (Å²) >= 11 is 2.97. The van der Waals surface area contributed by atoms with Gasteiger partial charge in [0.1, 0.15) is 6.42 Å². The highest BCUT2D eigenvalue weighted by Gasteiger charge is 2.14. The van der Waals surface area contributed by atoms with Crippen molar-refractivity contribution in [3.63, 3.8) is 0 Å². The Kier molecular flexibility index (Phi) is 3.38. The van der Waals surface area contributed by atoms with Crippen molar-refractivity contribution < 1.29 is 14.7 Å². The number of carboxylic acid groups (broad SMARTS) is 1. The molecule has 1 N–H and O–H groups in total. The maximum atomic E-state index is 11.7. The fourth-order valence-electron chi connectivity index (χ4n) is 2.09. The maximum Gasteiger partial charge on any atom is 0.311 e. The van der Waals surface area contributed by atoms with Gasteiger partial charge in [0.2, 0.25) is 0 Å². The molecule has 0 unspecified atom stereocenters. The molecule has 0 amide bonds. The number of hydrogen-bond donors (Lipinski definition) is 1. The van der Waals surface area contributed by atoms with Crippen LogP contribution >= 0.6 is 22.7 Å². The fraction of sp³-hybridized carbons (Fsp3) is 0.0667. The van der Waals surface area contributed by atoms with E-state index >= 15 is 0 Å². The van der Waals surface area contributed by atoms with Crippen LogP contribution in [-0.2, 0) is 4.79 Å². The van der Waals surface area contributed by atoms with Gasteiger partial charge in [-0.2, -0.15) is 0 Å². The van der Waals surface area contributed by atoms with Gasteiger partial charge in [-0.15, -0.1) is 22.7 Å². The summed E-state index contributed by atoms with van der Waals surface area (Å²) in [5.41, 5.74) is 2.04. The molecular formula is C15H10O3S2. The minimum absolute atomic E-state index is 0.341. The third-order valence-corrected chi connectivity index (χ3v) is 4.85. The summed E-state index contributed by atoms with van der Waals surface area (Å²) in [6, 6.07) is 9.91. The highest BCUT2D eigenvalue weighted by atomic mass is 32.1. The highest BCUT2D eigenvalue weighted by Crippen LogP contribution is 2.34. The van der Waals surface area contributed by atoms with E-state index in [0.29, 0.717) is 4.88 Å². The SMILES string of the molecule is O=C(O)CC(=O)c1cc(-c2cccc3sccc23)cs1. The Labute approximate surface area is 123 Å². The van der Waals surface area contributed by atoms with Gasteiger partial charge in [-0.3, -0.25) is 9.59 Å². The van der Waals surface area contributed by atoms with Gasteiger partial charge in [-0.1, -0.05) is 12.1 Å². The van der Waals surface area contributed by atoms with Gasteiger partial charge in [0.25, 0.3) is 0 Å². The van der Waals surface area contributed by atoms with Crippen molar-refractivity contribution in [2.24, 2.45) is 0 Å². The van der Waals surface area contributed by atoms with Gasteiger partial charge in [-0.25, -0.2) is 0 Å². The second-order valence-electron chi connectivity index (χ2n) is 4.33. The average Bonchev–Trinajstić information content (AvgIpc) is 3.06. The summed E-state index contributed by atoms with van der Waals surface area (Å²) in [5, 5.41) is 13.8. The van der Waals surface area contributed by atoms with Crippen molar-refractivity contribution in [1.29, 1.82) is 0 Å². The number of Topliss-reactive ketones (excluding diaryl/α,β-unsaturated/α-hetero) is 1. The number of aliphatic carboxylic acids is 1. The Morgan fingerprint density at radius 3 is 2.80 bits per heavy atom. The molecule has 0 fully saturated rings. The Morgan fingerprint density at radius 1 is 1.15 bits per heavy atom. The van der Waals surface area contributed by atoms with E-state index in [-0.39, 0.29) is 5.78 Å². The van der Waals surface area contributed by atoms with Crippen LogP contribution in [0.2, 0.25) is 0 Å². The summed E-state index contributed by atoms with van der Waals surface area (Å²) in [7, 11) is 0. The molecule has 0 saturated carbocycles. The molecule has 0 aliphatic carbocycles. The average molecular weight is 302 g/mol. The topological polar surface area (TPSA) is 54.4 Å². The Morgan fingerprint density at radius 2 is 2.00 bits per heavy atom. The van der Waals surface area contributed by atoms with Crippen LogP contribution in [0.15, 0.2) is 41.1 Å². The molecule has 0 aliphatic rings. The highest BCUT2D eigenvalue weighted by molar-refractivity contribution is 7.17. The van der Waals surface area contributed by atoms with E-state index in [1.54, 1.807) is 17.4 Å². The molecule has 0 saturated heterocycles. The van der Waals surface area contributed by atoms with Crippen LogP contribution < -0.4 is 0 Å². The van der Waals surface area contributed by atoms with Crippen LogP contribution in [0.1, 0.15) is 16.1 Å². The number of benzene rings is 1. The summed E-state index contributed by atoms with van der Waals surface area (Å²) in [4.78, 5) is 22.8. The predicted octanol–water partition coefficient (Wildman–Crippen LogP) is 4.29. The summed E-state index contributed by atoms with van der Waals surface area (Å²) in [5.74, 6) is -1.43. The lowest BCUT2D eigenvalue weighted by atomic mass is 10.0. The van der Waals surface area contributed by atoms with Crippen molar-refractivity contribution in [1.82, 2.24) is 0 Å². The molecule has 0 atom stereocenters. The minimum Gasteiger partial charge on any atom is -0.481 e. The zero-order valence-electron chi connectivity index (χ0n) is 10.3. The quantitative estimate of drug-likeness (QED) is 0.578. The van der Waals surface area contributed by atoms with Crippen molar-refractivity contribution in [2.45, 2.75) is 6.42 Å². The fourth-order valence-corrected chi connectivity index (χ4v) is 3.75. The van der Waals surface area contributed by atoms with E-state index in [0.717, 1.165) is 16.5 Å². The van der Waals surface area contributed by atoms with E-state index in [1.165, 1.54) is 16.0 Å². The number of hydrogen-bond acceptors (Lipinski definition) is 4. The van der Waals surface area contributed by atoms with Crippen LogP contribution in [0.3, 0.4) is 0 Å². The van der Waals surface area contributed by atoms with E-state index < -0.39 is 12.4 Å². The van der Waals surface area contributed by atoms with Crippen LogP contribution in [-0.4, -0.2) is 16.9 Å². The zero-order valence-corrected chi connectivity index (χ0v) is 12.0. The lowest BCUT2D eigenvalue weighted by molar-refractivity contribution is -0.135. The van der Waals surface area contributed by atoms with E-state index in [4.69, 9.17) is 5.11 Å². The smallest absolute Gasteiger partial charge is 0.311 e. The van der Waals surface area contributed by atoms with Crippen molar-refractivity contribution in [3.8, 4) is 11.1 Å². The van der Waals surface area contributed by atoms with E-state index in [9.17, 15) is 9.59 Å². The first-order valence-corrected chi connectivity index (χ1v) is 7.71. The number of ketones is 1. The molecule has 1 aromatic carbocycles. The Balaban J connectivity index is 2.00. The molecule has 2 heterocycles. The molecule has 3 nitrogen and oxygen atoms in total. The normalized spacial score (nSPS) is 10.8. The number of carbonyl (C=O) groups is 2. The Hall–Kier alpha value is -1.98. The Bertz CT molecular complexity index is 798. The maximum absolute atomic E-state index is 11.7. The molecule has 0 bridgehead atoms. The van der Waals surface area contributed by atoms with E-state index in [1.807, 2.05) is 22.9 Å². The molecule has 100 valence electrons. The lowest BCUT2D eigenvalue weighted by Crippen LogP contribution is -2.04. The summed E-state index contributed by atoms with van der Waals surface area (Å²) < 4.78 is 1.20. The lowest BCUT2D eigenvalue weighted by Gasteiger charge is -1.99. The van der Waals surface area contributed by atoms with Crippen molar-refractivity contribution in [3.05, 3.63) is 46.0 Å². The molecule has 0 spiro atoms. The van der Waals surface area contributed by atoms with E-state index in [2.05, 4.69) is 12.1 Å². The standard InChI is InChI=1S/C15H10O3S2/c16-12(7-15(17)18)14-6-9(8-20-14)10-2-1-3-13-11(10)4-5-19-13/h1-6,8H,7H2,(H,17,18). The monoisotopic (exact) mass is 302 g/mol. The molecule has 3 aromatic rings. The number of carboxylic acids is 1. The molecule has 0 aliphatic heterocycles. The number of rotatable bonds is 4. The molecule has 5 heteroatoms. The molecule has 0 radical (unpaired) electrons. The summed E-state index contributed by atoms with van der Waals surface area (Å²) in [6.07, 6.45) is -0.456. The van der Waals surface area contributed by atoms with Gasteiger partial charge in [0.05, 0.1) is 4.88 Å². The van der Waals surface area contributed by atoms with Gasteiger partial charge in [0, 0.05) is 10.1 Å². The summed E-state index contributed by atoms with van der Waals surface area (Å²) in [6.45, 7) is 0. The second kappa shape index (κ2) is 5.19. The molecular weight excluding hydrogens is 292 g/mol. The third kappa shape index (κ3) is 2.37. The van der Waals surface area contributed by atoms with Crippen LogP contribution in [0.4, 0.5) is 0 Å². The molecule has 3 rings (SSSR count). The minimum atomic E-state index is -1.09. The zero-order chi connectivity index (χ0) is 14.1. The van der Waals surface area contributed by atoms with Crippen LogP contribution in [0, 0.1) is 0 Å². The molecule has 2 aromatic heterocycles. The second-order valence-corrected chi connectivity index (χ2v) is 6.19. The van der Waals surface area contributed by atoms with Gasteiger partial charge in [-0.05, 0) is 40.1 Å². The largest absolute Gasteiger partial charge is 0.481 e. The van der Waals surface area contributed by atoms with Gasteiger partial charge in [0.15, 0.2) is 5.78 Å². The molecule has 20 heavy (non-hydrogen) atoms. The van der Waals surface area contributed by atoms with Crippen LogP contribution in [0.25, 0.3) is 21.2 Å². The first kappa shape index (κ1) is 13.0. The number of fused-ring (bicyclic) bond motifs is 1. The first-order valence-electron chi connectivity index (χ1n) is 5.95. The number of thiophene rings is 2. The third-order valence-electron chi connectivity index (χ3n) is 2.99. The van der Waals surface area contributed by atoms with Crippen molar-refractivity contribution in [2.75, 3.05) is 0 Å². The van der Waals surface area contributed by atoms with Crippen molar-refractivity contribution >= 4 is 44.5 Å². The van der Waals surface area contributed by atoms with Gasteiger partial charge >= 0.3 is 5.97 Å². The number of carbonyl (C=O) groups excluding carboxylic acids is 1. The van der Waals surface area contributed by atoms with Gasteiger partial charge < -0.3 is 5.11 Å². The first-order chi connectivity index (χ1) is 9.65.